The first kappa shape index (κ1) is 21.0. The molecule has 1 amide bonds. The third-order valence-electron chi connectivity index (χ3n) is 4.53. The molecule has 10 heteroatoms. The van der Waals surface area contributed by atoms with Crippen molar-refractivity contribution in [2.24, 2.45) is 0 Å². The van der Waals surface area contributed by atoms with Gasteiger partial charge in [-0.1, -0.05) is 0 Å². The molecule has 9 nitrogen and oxygen atoms in total. The zero-order valence-electron chi connectivity index (χ0n) is 16.8. The molecule has 29 heavy (non-hydrogen) atoms. The number of amides is 1. The van der Waals surface area contributed by atoms with Crippen LogP contribution in [-0.2, 0) is 14.8 Å². The Balaban J connectivity index is 1.69. The van der Waals surface area contributed by atoms with Crippen molar-refractivity contribution in [1.82, 2.24) is 14.3 Å². The van der Waals surface area contributed by atoms with Gasteiger partial charge in [0.2, 0.25) is 21.9 Å². The molecule has 0 atom stereocenters. The van der Waals surface area contributed by atoms with Crippen LogP contribution in [-0.4, -0.2) is 61.3 Å². The molecular weight excluding hydrogens is 392 g/mol. The fraction of sp³-hybridized carbons (Fsp3) is 0.421. The average molecular weight is 419 g/mol. The van der Waals surface area contributed by atoms with Gasteiger partial charge in [0, 0.05) is 57.1 Å². The molecule has 0 radical (unpaired) electrons. The highest BCUT2D eigenvalue weighted by molar-refractivity contribution is 7.89. The molecule has 1 aliphatic heterocycles. The first-order valence-electron chi connectivity index (χ1n) is 9.52. The molecule has 156 valence electrons. The summed E-state index contributed by atoms with van der Waals surface area (Å²) in [6.07, 6.45) is 0. The second-order valence-corrected chi connectivity index (χ2v) is 8.76. The van der Waals surface area contributed by atoms with Crippen molar-refractivity contribution in [3.8, 4) is 0 Å². The van der Waals surface area contributed by atoms with E-state index in [9.17, 15) is 13.2 Å². The van der Waals surface area contributed by atoms with Crippen LogP contribution in [0.3, 0.4) is 0 Å². The van der Waals surface area contributed by atoms with Crippen LogP contribution in [0.15, 0.2) is 35.2 Å². The molecular formula is C19H26N6O3S. The minimum absolute atomic E-state index is 0.201. The van der Waals surface area contributed by atoms with Crippen LogP contribution in [0.1, 0.15) is 19.5 Å². The van der Waals surface area contributed by atoms with Crippen LogP contribution in [0.5, 0.6) is 0 Å². The average Bonchev–Trinajstić information content (AvgIpc) is 2.68. The second kappa shape index (κ2) is 8.75. The fourth-order valence-electron chi connectivity index (χ4n) is 3.16. The summed E-state index contributed by atoms with van der Waals surface area (Å²) in [6.45, 7) is 7.82. The zero-order chi connectivity index (χ0) is 21.0. The van der Waals surface area contributed by atoms with Gasteiger partial charge in [-0.3, -0.25) is 4.79 Å². The SMILES string of the molecule is CCNc1cc(C)nc(N2CCN(S(=O)(=O)c3ccc(NC(C)=O)cc3)CC2)n1. The summed E-state index contributed by atoms with van der Waals surface area (Å²) in [7, 11) is -3.60. The molecule has 0 bridgehead atoms. The molecule has 0 unspecified atom stereocenters. The highest BCUT2D eigenvalue weighted by Gasteiger charge is 2.29. The topological polar surface area (TPSA) is 108 Å². The van der Waals surface area contributed by atoms with Gasteiger partial charge in [0.05, 0.1) is 4.90 Å². The maximum absolute atomic E-state index is 12.9. The number of aromatic nitrogens is 2. The van der Waals surface area contributed by atoms with Crippen molar-refractivity contribution in [3.05, 3.63) is 36.0 Å². The Bertz CT molecular complexity index is 970. The lowest BCUT2D eigenvalue weighted by Crippen LogP contribution is -2.49. The van der Waals surface area contributed by atoms with Gasteiger partial charge in [0.1, 0.15) is 5.82 Å². The number of benzene rings is 1. The van der Waals surface area contributed by atoms with E-state index in [2.05, 4.69) is 20.6 Å². The van der Waals surface area contributed by atoms with Gasteiger partial charge in [-0.25, -0.2) is 13.4 Å². The number of anilines is 3. The number of carbonyl (C=O) groups is 1. The Hall–Kier alpha value is -2.72. The Kier molecular flexibility index (Phi) is 6.33. The first-order valence-corrected chi connectivity index (χ1v) is 11.0. The number of sulfonamides is 1. The molecule has 1 saturated heterocycles. The van der Waals surface area contributed by atoms with Crippen molar-refractivity contribution < 1.29 is 13.2 Å². The standard InChI is InChI=1S/C19H26N6O3S/c1-4-20-18-13-14(2)21-19(23-18)24-9-11-25(12-10-24)29(27,28)17-7-5-16(6-8-17)22-15(3)26/h5-8,13H,4,9-12H2,1-3H3,(H,22,26)(H,20,21,23). The molecule has 2 aromatic rings. The number of nitrogens with one attached hydrogen (secondary N) is 2. The third kappa shape index (κ3) is 5.01. The minimum atomic E-state index is -3.60. The smallest absolute Gasteiger partial charge is 0.243 e. The highest BCUT2D eigenvalue weighted by Crippen LogP contribution is 2.22. The summed E-state index contributed by atoms with van der Waals surface area (Å²) in [6, 6.07) is 8.10. The lowest BCUT2D eigenvalue weighted by Gasteiger charge is -2.34. The third-order valence-corrected chi connectivity index (χ3v) is 6.45. The number of nitrogens with zero attached hydrogens (tertiary/aromatic N) is 4. The Labute approximate surface area is 171 Å². The quantitative estimate of drug-likeness (QED) is 0.735. The Morgan fingerprint density at radius 1 is 1.10 bits per heavy atom. The van der Waals surface area contributed by atoms with Crippen molar-refractivity contribution >= 4 is 33.4 Å². The summed E-state index contributed by atoms with van der Waals surface area (Å²) in [5.41, 5.74) is 1.43. The number of hydrogen-bond acceptors (Lipinski definition) is 7. The number of carbonyl (C=O) groups excluding carboxylic acids is 1. The van der Waals surface area contributed by atoms with Gasteiger partial charge < -0.3 is 15.5 Å². The van der Waals surface area contributed by atoms with Gasteiger partial charge in [0.15, 0.2) is 0 Å². The first-order chi connectivity index (χ1) is 13.8. The van der Waals surface area contributed by atoms with Crippen LogP contribution in [0.25, 0.3) is 0 Å². The largest absolute Gasteiger partial charge is 0.370 e. The Morgan fingerprint density at radius 3 is 2.34 bits per heavy atom. The van der Waals surface area contributed by atoms with Crippen molar-refractivity contribution in [2.75, 3.05) is 48.3 Å². The molecule has 0 aliphatic carbocycles. The lowest BCUT2D eigenvalue weighted by atomic mass is 10.3. The molecule has 0 spiro atoms. The molecule has 1 aliphatic rings. The van der Waals surface area contributed by atoms with Crippen LogP contribution >= 0.6 is 0 Å². The number of aryl methyl sites for hydroxylation is 1. The van der Waals surface area contributed by atoms with Crippen molar-refractivity contribution in [1.29, 1.82) is 0 Å². The number of piperazine rings is 1. The van der Waals surface area contributed by atoms with E-state index >= 15 is 0 Å². The number of hydrogen-bond donors (Lipinski definition) is 2. The monoisotopic (exact) mass is 418 g/mol. The maximum Gasteiger partial charge on any atom is 0.243 e. The van der Waals surface area contributed by atoms with E-state index in [0.717, 1.165) is 18.1 Å². The minimum Gasteiger partial charge on any atom is -0.370 e. The van der Waals surface area contributed by atoms with Gasteiger partial charge in [0.25, 0.3) is 0 Å². The molecule has 2 N–H and O–H groups in total. The van der Waals surface area contributed by atoms with E-state index in [1.165, 1.54) is 23.4 Å². The van der Waals surface area contributed by atoms with E-state index in [1.54, 1.807) is 12.1 Å². The molecule has 3 rings (SSSR count). The second-order valence-electron chi connectivity index (χ2n) is 6.82. The summed E-state index contributed by atoms with van der Waals surface area (Å²) in [5, 5.41) is 5.82. The van der Waals surface area contributed by atoms with Crippen LogP contribution in [0, 0.1) is 6.92 Å². The van der Waals surface area contributed by atoms with E-state index < -0.39 is 10.0 Å². The van der Waals surface area contributed by atoms with E-state index in [4.69, 9.17) is 0 Å². The molecule has 1 fully saturated rings. The van der Waals surface area contributed by atoms with E-state index in [0.29, 0.717) is 37.8 Å². The van der Waals surface area contributed by atoms with Crippen molar-refractivity contribution in [2.45, 2.75) is 25.7 Å². The van der Waals surface area contributed by atoms with Crippen molar-refractivity contribution in [3.63, 3.8) is 0 Å². The van der Waals surface area contributed by atoms with Crippen LogP contribution in [0.2, 0.25) is 0 Å². The molecule has 1 aromatic heterocycles. The van der Waals surface area contributed by atoms with E-state index in [-0.39, 0.29) is 10.8 Å². The van der Waals surface area contributed by atoms with Gasteiger partial charge in [-0.05, 0) is 38.1 Å². The predicted octanol–water partition coefficient (Wildman–Crippen LogP) is 1.69. The summed E-state index contributed by atoms with van der Waals surface area (Å²) < 4.78 is 27.3. The zero-order valence-corrected chi connectivity index (χ0v) is 17.7. The Morgan fingerprint density at radius 2 is 1.76 bits per heavy atom. The molecule has 2 heterocycles. The van der Waals surface area contributed by atoms with Gasteiger partial charge >= 0.3 is 0 Å². The van der Waals surface area contributed by atoms with E-state index in [1.807, 2.05) is 24.8 Å². The highest BCUT2D eigenvalue weighted by atomic mass is 32.2. The predicted molar refractivity (Wildman–Crippen MR) is 113 cm³/mol. The summed E-state index contributed by atoms with van der Waals surface area (Å²) in [4.78, 5) is 22.3. The summed E-state index contributed by atoms with van der Waals surface area (Å²) in [5.74, 6) is 1.18. The summed E-state index contributed by atoms with van der Waals surface area (Å²) >= 11 is 0. The van der Waals surface area contributed by atoms with Crippen LogP contribution < -0.4 is 15.5 Å². The lowest BCUT2D eigenvalue weighted by molar-refractivity contribution is -0.114. The number of rotatable bonds is 6. The molecule has 1 aromatic carbocycles. The fourth-order valence-corrected chi connectivity index (χ4v) is 4.58. The van der Waals surface area contributed by atoms with Gasteiger partial charge in [-0.2, -0.15) is 9.29 Å². The molecule has 0 saturated carbocycles. The maximum atomic E-state index is 12.9. The van der Waals surface area contributed by atoms with Crippen LogP contribution in [0.4, 0.5) is 17.5 Å². The normalized spacial score (nSPS) is 15.2. The van der Waals surface area contributed by atoms with Gasteiger partial charge in [-0.15, -0.1) is 0 Å².